The smallest absolute Gasteiger partial charge is 0.317 e. The molecule has 0 bridgehead atoms. The van der Waals surface area contributed by atoms with E-state index in [1.165, 1.54) is 4.31 Å². The van der Waals surface area contributed by atoms with Crippen LogP contribution in [0.5, 0.6) is 5.75 Å². The molecule has 180 valence electrons. The normalized spacial score (nSPS) is 15.4. The predicted octanol–water partition coefficient (Wildman–Crippen LogP) is 3.32. The summed E-state index contributed by atoms with van der Waals surface area (Å²) < 4.78 is 32.2. The second-order valence-corrected chi connectivity index (χ2v) is 9.91. The van der Waals surface area contributed by atoms with E-state index in [1.54, 1.807) is 31.4 Å². The second-order valence-electron chi connectivity index (χ2n) is 7.98. The van der Waals surface area contributed by atoms with Gasteiger partial charge in [-0.25, -0.2) is 13.2 Å². The molecule has 33 heavy (non-hydrogen) atoms. The van der Waals surface area contributed by atoms with E-state index in [0.717, 1.165) is 30.1 Å². The van der Waals surface area contributed by atoms with Gasteiger partial charge >= 0.3 is 6.03 Å². The minimum Gasteiger partial charge on any atom is -0.495 e. The lowest BCUT2D eigenvalue weighted by molar-refractivity contribution is 0.191. The van der Waals surface area contributed by atoms with Crippen LogP contribution in [0.2, 0.25) is 0 Å². The van der Waals surface area contributed by atoms with E-state index < -0.39 is 10.0 Å². The van der Waals surface area contributed by atoms with Crippen molar-refractivity contribution in [1.29, 1.82) is 0 Å². The molecule has 0 saturated carbocycles. The van der Waals surface area contributed by atoms with E-state index in [-0.39, 0.29) is 17.0 Å². The summed E-state index contributed by atoms with van der Waals surface area (Å²) in [6.07, 6.45) is 0. The number of hydrogen-bond donors (Lipinski definition) is 1. The lowest BCUT2D eigenvalue weighted by atomic mass is 10.1. The Balaban J connectivity index is 1.58. The van der Waals surface area contributed by atoms with Crippen molar-refractivity contribution in [2.75, 3.05) is 51.3 Å². The molecule has 1 aliphatic heterocycles. The highest BCUT2D eigenvalue weighted by Gasteiger charge is 2.25. The average molecular weight is 475 g/mol. The summed E-state index contributed by atoms with van der Waals surface area (Å²) in [6, 6.07) is 14.3. The van der Waals surface area contributed by atoms with Crippen molar-refractivity contribution < 1.29 is 17.9 Å². The molecular formula is C24H34N4O4S. The van der Waals surface area contributed by atoms with Gasteiger partial charge in [0.25, 0.3) is 0 Å². The average Bonchev–Trinajstić information content (AvgIpc) is 2.84. The van der Waals surface area contributed by atoms with Crippen LogP contribution in [0.1, 0.15) is 32.4 Å². The van der Waals surface area contributed by atoms with E-state index in [9.17, 15) is 13.2 Å². The number of benzene rings is 2. The fraction of sp³-hybridized carbons (Fsp3) is 0.458. The summed E-state index contributed by atoms with van der Waals surface area (Å²) in [4.78, 5) is 17.1. The van der Waals surface area contributed by atoms with Crippen LogP contribution >= 0.6 is 0 Å². The highest BCUT2D eigenvalue weighted by atomic mass is 32.2. The number of rotatable bonds is 8. The number of nitrogens with one attached hydrogen (secondary N) is 1. The Morgan fingerprint density at radius 3 is 2.21 bits per heavy atom. The van der Waals surface area contributed by atoms with Gasteiger partial charge in [0.2, 0.25) is 10.0 Å². The molecule has 8 nitrogen and oxygen atoms in total. The Morgan fingerprint density at radius 2 is 1.64 bits per heavy atom. The first-order valence-corrected chi connectivity index (χ1v) is 12.8. The van der Waals surface area contributed by atoms with E-state index in [1.807, 2.05) is 49.9 Å². The largest absolute Gasteiger partial charge is 0.495 e. The number of amides is 2. The third kappa shape index (κ3) is 5.59. The second kappa shape index (κ2) is 10.9. The van der Waals surface area contributed by atoms with Gasteiger partial charge in [-0.2, -0.15) is 4.31 Å². The molecule has 0 radical (unpaired) electrons. The van der Waals surface area contributed by atoms with E-state index >= 15 is 0 Å². The van der Waals surface area contributed by atoms with Crippen LogP contribution < -0.4 is 15.0 Å². The number of anilines is 1. The Bertz CT molecular complexity index is 1030. The van der Waals surface area contributed by atoms with Crippen molar-refractivity contribution in [3.63, 3.8) is 0 Å². The van der Waals surface area contributed by atoms with Gasteiger partial charge in [-0.1, -0.05) is 38.1 Å². The van der Waals surface area contributed by atoms with Crippen molar-refractivity contribution >= 4 is 21.7 Å². The van der Waals surface area contributed by atoms with Crippen LogP contribution in [0.25, 0.3) is 0 Å². The van der Waals surface area contributed by atoms with E-state index in [0.29, 0.717) is 26.2 Å². The molecule has 0 aliphatic carbocycles. The molecule has 1 heterocycles. The van der Waals surface area contributed by atoms with E-state index in [4.69, 9.17) is 4.74 Å². The summed E-state index contributed by atoms with van der Waals surface area (Å²) in [6.45, 7) is 9.06. The molecule has 1 saturated heterocycles. The molecule has 1 atom stereocenters. The van der Waals surface area contributed by atoms with Crippen LogP contribution in [-0.2, 0) is 10.0 Å². The maximum Gasteiger partial charge on any atom is 0.317 e. The summed E-state index contributed by atoms with van der Waals surface area (Å²) in [7, 11) is -1.83. The molecule has 1 fully saturated rings. The maximum absolute atomic E-state index is 12.8. The monoisotopic (exact) mass is 474 g/mol. The number of para-hydroxylation sites is 2. The lowest BCUT2D eigenvalue weighted by Crippen LogP contribution is -2.52. The fourth-order valence-corrected chi connectivity index (χ4v) is 5.50. The molecule has 0 spiro atoms. The SMILES string of the molecule is CCN(CC)S(=O)(=O)c1ccc([C@@H](C)NC(=O)N2CCN(c3ccccc3OC)CC2)cc1. The Kier molecular flexibility index (Phi) is 8.20. The zero-order valence-electron chi connectivity index (χ0n) is 19.8. The van der Waals surface area contributed by atoms with Gasteiger partial charge in [0, 0.05) is 39.3 Å². The Hall–Kier alpha value is -2.78. The molecule has 0 unspecified atom stereocenters. The summed E-state index contributed by atoms with van der Waals surface area (Å²) >= 11 is 0. The van der Waals surface area contributed by atoms with Crippen molar-refractivity contribution in [3.05, 3.63) is 54.1 Å². The van der Waals surface area contributed by atoms with E-state index in [2.05, 4.69) is 10.2 Å². The fourth-order valence-electron chi connectivity index (χ4n) is 4.04. The van der Waals surface area contributed by atoms with Gasteiger partial charge in [0.05, 0.1) is 23.7 Å². The number of hydrogen-bond acceptors (Lipinski definition) is 5. The quantitative estimate of drug-likeness (QED) is 0.635. The zero-order chi connectivity index (χ0) is 24.0. The molecule has 9 heteroatoms. The topological polar surface area (TPSA) is 82.2 Å². The molecule has 2 aromatic carbocycles. The first-order chi connectivity index (χ1) is 15.8. The number of carbonyl (C=O) groups excluding carboxylic acids is 1. The maximum atomic E-state index is 12.8. The first kappa shape index (κ1) is 24.9. The molecule has 0 aromatic heterocycles. The standard InChI is InChI=1S/C24H34N4O4S/c1-5-28(6-2)33(30,31)21-13-11-20(12-14-21)19(3)25-24(29)27-17-15-26(16-18-27)22-9-7-8-10-23(22)32-4/h7-14,19H,5-6,15-18H2,1-4H3,(H,25,29)/t19-/m1/s1. The lowest BCUT2D eigenvalue weighted by Gasteiger charge is -2.37. The molecule has 2 amide bonds. The third-order valence-electron chi connectivity index (χ3n) is 6.06. The van der Waals surface area contributed by atoms with Crippen LogP contribution in [0.3, 0.4) is 0 Å². The van der Waals surface area contributed by atoms with Gasteiger partial charge in [-0.15, -0.1) is 0 Å². The molecule has 2 aromatic rings. The molecule has 1 aliphatic rings. The van der Waals surface area contributed by atoms with Crippen LogP contribution in [0.15, 0.2) is 53.4 Å². The highest BCUT2D eigenvalue weighted by Crippen LogP contribution is 2.28. The first-order valence-electron chi connectivity index (χ1n) is 11.3. The number of ether oxygens (including phenoxy) is 1. The van der Waals surface area contributed by atoms with Crippen molar-refractivity contribution in [2.45, 2.75) is 31.7 Å². The van der Waals surface area contributed by atoms with Crippen molar-refractivity contribution in [2.24, 2.45) is 0 Å². The number of urea groups is 1. The van der Waals surface area contributed by atoms with Gasteiger partial charge in [0.1, 0.15) is 5.75 Å². The van der Waals surface area contributed by atoms with Crippen molar-refractivity contribution in [1.82, 2.24) is 14.5 Å². The number of nitrogens with zero attached hydrogens (tertiary/aromatic N) is 3. The molecule has 3 rings (SSSR count). The van der Waals surface area contributed by atoms with Gasteiger partial charge in [-0.05, 0) is 36.8 Å². The number of piperazine rings is 1. The van der Waals surface area contributed by atoms with Crippen molar-refractivity contribution in [3.8, 4) is 5.75 Å². The van der Waals surface area contributed by atoms with Crippen LogP contribution in [-0.4, -0.2) is 70.0 Å². The van der Waals surface area contributed by atoms with Gasteiger partial charge in [0.15, 0.2) is 0 Å². The number of sulfonamides is 1. The highest BCUT2D eigenvalue weighted by molar-refractivity contribution is 7.89. The summed E-state index contributed by atoms with van der Waals surface area (Å²) in [5.41, 5.74) is 1.89. The van der Waals surface area contributed by atoms with Crippen LogP contribution in [0, 0.1) is 0 Å². The Labute approximate surface area is 197 Å². The van der Waals surface area contributed by atoms with Crippen LogP contribution in [0.4, 0.5) is 10.5 Å². The summed E-state index contributed by atoms with van der Waals surface area (Å²) in [5.74, 6) is 0.829. The Morgan fingerprint density at radius 1 is 1.03 bits per heavy atom. The predicted molar refractivity (Wildman–Crippen MR) is 130 cm³/mol. The third-order valence-corrected chi connectivity index (χ3v) is 8.12. The van der Waals surface area contributed by atoms with Gasteiger partial charge in [-0.3, -0.25) is 0 Å². The molecule has 1 N–H and O–H groups in total. The summed E-state index contributed by atoms with van der Waals surface area (Å²) in [5, 5.41) is 3.03. The zero-order valence-corrected chi connectivity index (χ0v) is 20.6. The minimum atomic E-state index is -3.49. The van der Waals surface area contributed by atoms with Gasteiger partial charge < -0.3 is 19.9 Å². The molecular weight excluding hydrogens is 440 g/mol. The number of methoxy groups -OCH3 is 1. The minimum absolute atomic E-state index is 0.123. The number of carbonyl (C=O) groups is 1.